The molecule has 152 valence electrons. The van der Waals surface area contributed by atoms with Crippen LogP contribution in [0.25, 0.3) is 22.8 Å². The van der Waals surface area contributed by atoms with Gasteiger partial charge < -0.3 is 0 Å². The van der Waals surface area contributed by atoms with Crippen molar-refractivity contribution in [2.75, 3.05) is 0 Å². The molecular formula is C21H17N9O. The zero-order valence-corrected chi connectivity index (χ0v) is 16.6. The molecule has 0 aliphatic carbocycles. The minimum atomic E-state index is -0.111. The average molecular weight is 411 g/mol. The quantitative estimate of drug-likeness (QED) is 0.432. The third-order valence-corrected chi connectivity index (χ3v) is 4.75. The lowest BCUT2D eigenvalue weighted by Crippen LogP contribution is -2.16. The van der Waals surface area contributed by atoms with Crippen LogP contribution in [0.4, 0.5) is 0 Å². The summed E-state index contributed by atoms with van der Waals surface area (Å²) < 4.78 is 5.07. The van der Waals surface area contributed by atoms with Crippen LogP contribution in [-0.2, 0) is 13.5 Å². The molecule has 4 heterocycles. The van der Waals surface area contributed by atoms with Gasteiger partial charge in [-0.1, -0.05) is 18.2 Å². The first-order valence-corrected chi connectivity index (χ1v) is 9.50. The Balaban J connectivity index is 1.41. The van der Waals surface area contributed by atoms with Crippen molar-refractivity contribution in [1.82, 2.24) is 44.3 Å². The summed E-state index contributed by atoms with van der Waals surface area (Å²) in [7, 11) is 1.83. The Morgan fingerprint density at radius 3 is 2.52 bits per heavy atom. The number of hydrogen-bond donors (Lipinski definition) is 0. The molecule has 5 aromatic rings. The molecule has 0 unspecified atom stereocenters. The summed E-state index contributed by atoms with van der Waals surface area (Å²) in [6.07, 6.45) is 12.2. The summed E-state index contributed by atoms with van der Waals surface area (Å²) in [4.78, 5) is 21.3. The molecule has 10 heteroatoms. The second kappa shape index (κ2) is 7.75. The minimum Gasteiger partial charge on any atom is -0.288 e. The number of hydrogen-bond acceptors (Lipinski definition) is 7. The fourth-order valence-electron chi connectivity index (χ4n) is 3.19. The van der Waals surface area contributed by atoms with Gasteiger partial charge in [0, 0.05) is 31.3 Å². The van der Waals surface area contributed by atoms with Gasteiger partial charge in [-0.05, 0) is 11.6 Å². The van der Waals surface area contributed by atoms with E-state index in [1.807, 2.05) is 37.5 Å². The first-order chi connectivity index (χ1) is 15.2. The van der Waals surface area contributed by atoms with Crippen LogP contribution in [0, 0.1) is 0 Å². The Morgan fingerprint density at radius 1 is 0.968 bits per heavy atom. The Labute approximate surface area is 176 Å². The molecule has 4 aromatic heterocycles. The summed E-state index contributed by atoms with van der Waals surface area (Å²) in [5.74, 6) is 0.590. The molecule has 0 spiro atoms. The second-order valence-electron chi connectivity index (χ2n) is 6.95. The molecule has 0 fully saturated rings. The predicted molar refractivity (Wildman–Crippen MR) is 112 cm³/mol. The van der Waals surface area contributed by atoms with Gasteiger partial charge in [0.05, 0.1) is 30.5 Å². The molecule has 0 amide bonds. The fourth-order valence-corrected chi connectivity index (χ4v) is 3.19. The van der Waals surface area contributed by atoms with Gasteiger partial charge in [0.25, 0.3) is 0 Å². The van der Waals surface area contributed by atoms with Crippen molar-refractivity contribution in [2.24, 2.45) is 7.05 Å². The van der Waals surface area contributed by atoms with E-state index in [0.717, 1.165) is 22.5 Å². The highest BCUT2D eigenvalue weighted by Crippen LogP contribution is 2.18. The Kier molecular flexibility index (Phi) is 4.64. The lowest BCUT2D eigenvalue weighted by atomic mass is 10.1. The van der Waals surface area contributed by atoms with E-state index in [2.05, 4.69) is 30.4 Å². The van der Waals surface area contributed by atoms with E-state index in [9.17, 15) is 4.79 Å². The summed E-state index contributed by atoms with van der Waals surface area (Å²) in [6, 6.07) is 9.30. The van der Waals surface area contributed by atoms with Crippen LogP contribution in [-0.4, -0.2) is 44.3 Å². The largest absolute Gasteiger partial charge is 0.288 e. The van der Waals surface area contributed by atoms with Crippen LogP contribution in [0.15, 0.2) is 78.8 Å². The topological polar surface area (TPSA) is 109 Å². The van der Waals surface area contributed by atoms with E-state index < -0.39 is 0 Å². The lowest BCUT2D eigenvalue weighted by molar-refractivity contribution is 0.762. The van der Waals surface area contributed by atoms with Crippen molar-refractivity contribution in [3.63, 3.8) is 0 Å². The maximum absolute atomic E-state index is 12.4. The van der Waals surface area contributed by atoms with Gasteiger partial charge in [-0.2, -0.15) is 10.2 Å². The third-order valence-electron chi connectivity index (χ3n) is 4.75. The molecule has 5 rings (SSSR count). The minimum absolute atomic E-state index is 0.111. The molecule has 31 heavy (non-hydrogen) atoms. The highest BCUT2D eigenvalue weighted by molar-refractivity contribution is 5.56. The summed E-state index contributed by atoms with van der Waals surface area (Å²) in [6.45, 7) is 0. The second-order valence-corrected chi connectivity index (χ2v) is 6.95. The van der Waals surface area contributed by atoms with Crippen molar-refractivity contribution in [3.05, 3.63) is 95.5 Å². The molecule has 1 aromatic carbocycles. The van der Waals surface area contributed by atoms with Crippen molar-refractivity contribution >= 4 is 0 Å². The number of benzene rings is 1. The number of aryl methyl sites for hydroxylation is 1. The van der Waals surface area contributed by atoms with Crippen molar-refractivity contribution in [3.8, 4) is 22.8 Å². The van der Waals surface area contributed by atoms with E-state index in [1.165, 1.54) is 6.07 Å². The SMILES string of the molecule is Cn1cc(-n2ccc(=O)c(Cc3cccc(-c4ncc(-n5cnnc5)cn4)c3)n2)cn1. The molecule has 0 aliphatic heterocycles. The van der Waals surface area contributed by atoms with Crippen LogP contribution in [0.1, 0.15) is 11.3 Å². The lowest BCUT2D eigenvalue weighted by Gasteiger charge is -2.07. The average Bonchev–Trinajstić information content (AvgIpc) is 3.48. The van der Waals surface area contributed by atoms with Crippen LogP contribution in [0.3, 0.4) is 0 Å². The highest BCUT2D eigenvalue weighted by atomic mass is 16.1. The Hall–Kier alpha value is -4.47. The van der Waals surface area contributed by atoms with Crippen LogP contribution in [0.5, 0.6) is 0 Å². The number of rotatable bonds is 5. The van der Waals surface area contributed by atoms with Gasteiger partial charge in [-0.25, -0.2) is 14.6 Å². The molecule has 0 aliphatic rings. The molecule has 0 saturated carbocycles. The molecule has 0 bridgehead atoms. The zero-order chi connectivity index (χ0) is 21.2. The highest BCUT2D eigenvalue weighted by Gasteiger charge is 2.09. The van der Waals surface area contributed by atoms with Crippen molar-refractivity contribution in [2.45, 2.75) is 6.42 Å². The van der Waals surface area contributed by atoms with Gasteiger partial charge in [-0.15, -0.1) is 10.2 Å². The first kappa shape index (κ1) is 18.6. The van der Waals surface area contributed by atoms with Gasteiger partial charge in [0.2, 0.25) is 5.43 Å². The Morgan fingerprint density at radius 2 is 1.77 bits per heavy atom. The maximum atomic E-state index is 12.4. The predicted octanol–water partition coefficient (Wildman–Crippen LogP) is 1.59. The maximum Gasteiger partial charge on any atom is 0.203 e. The van der Waals surface area contributed by atoms with Crippen molar-refractivity contribution < 1.29 is 0 Å². The number of aromatic nitrogens is 9. The van der Waals surface area contributed by atoms with E-state index in [0.29, 0.717) is 17.9 Å². The fraction of sp³-hybridized carbons (Fsp3) is 0.0952. The molecule has 0 saturated heterocycles. The summed E-state index contributed by atoms with van der Waals surface area (Å²) in [5, 5.41) is 16.2. The summed E-state index contributed by atoms with van der Waals surface area (Å²) in [5.41, 5.74) is 3.70. The molecule has 0 radical (unpaired) electrons. The smallest absolute Gasteiger partial charge is 0.203 e. The van der Waals surface area contributed by atoms with Gasteiger partial charge in [0.1, 0.15) is 24.0 Å². The van der Waals surface area contributed by atoms with Crippen molar-refractivity contribution in [1.29, 1.82) is 0 Å². The van der Waals surface area contributed by atoms with E-state index in [4.69, 9.17) is 0 Å². The molecule has 10 nitrogen and oxygen atoms in total. The normalized spacial score (nSPS) is 11.0. The number of nitrogens with zero attached hydrogens (tertiary/aromatic N) is 9. The summed E-state index contributed by atoms with van der Waals surface area (Å²) >= 11 is 0. The van der Waals surface area contributed by atoms with E-state index in [-0.39, 0.29) is 5.43 Å². The van der Waals surface area contributed by atoms with Crippen LogP contribution >= 0.6 is 0 Å². The first-order valence-electron chi connectivity index (χ1n) is 9.50. The van der Waals surface area contributed by atoms with Crippen LogP contribution in [0.2, 0.25) is 0 Å². The zero-order valence-electron chi connectivity index (χ0n) is 16.6. The monoisotopic (exact) mass is 411 g/mol. The standard InChI is InChI=1S/C21H17N9O/c1-28-12-18(11-26-28)30-6-5-20(31)19(27-30)8-15-3-2-4-16(7-15)21-22-9-17(10-23-21)29-13-24-25-14-29/h2-7,9-14H,8H2,1H3. The van der Waals surface area contributed by atoms with Gasteiger partial charge >= 0.3 is 0 Å². The third kappa shape index (κ3) is 3.86. The molecule has 0 N–H and O–H groups in total. The molecule has 0 atom stereocenters. The van der Waals surface area contributed by atoms with E-state index >= 15 is 0 Å². The van der Waals surface area contributed by atoms with Crippen LogP contribution < -0.4 is 5.43 Å². The van der Waals surface area contributed by atoms with Gasteiger partial charge in [0.15, 0.2) is 5.82 Å². The Bertz CT molecular complexity index is 1390. The molecular weight excluding hydrogens is 394 g/mol. The van der Waals surface area contributed by atoms with Gasteiger partial charge in [-0.3, -0.25) is 14.0 Å². The van der Waals surface area contributed by atoms with E-state index in [1.54, 1.807) is 51.4 Å².